The van der Waals surface area contributed by atoms with Crippen LogP contribution in [0.5, 0.6) is 11.6 Å². The highest BCUT2D eigenvalue weighted by atomic mass is 16.5. The normalized spacial score (nSPS) is 14.2. The Bertz CT molecular complexity index is 1920. The number of benzene rings is 3. The van der Waals surface area contributed by atoms with E-state index in [4.69, 9.17) is 19.2 Å². The number of fused-ring (bicyclic) bond motifs is 6. The van der Waals surface area contributed by atoms with Crippen molar-refractivity contribution in [2.45, 2.75) is 12.8 Å². The molecule has 8 heteroatoms. The molecule has 186 valence electrons. The summed E-state index contributed by atoms with van der Waals surface area (Å²) in [5.74, 6) is 0.917. The van der Waals surface area contributed by atoms with Gasteiger partial charge in [0, 0.05) is 25.3 Å². The van der Waals surface area contributed by atoms with Crippen LogP contribution in [0.3, 0.4) is 0 Å². The summed E-state index contributed by atoms with van der Waals surface area (Å²) in [5, 5.41) is 5.44. The predicted molar refractivity (Wildman–Crippen MR) is 145 cm³/mol. The first-order valence-corrected chi connectivity index (χ1v) is 12.3. The fourth-order valence-electron chi connectivity index (χ4n) is 5.17. The minimum absolute atomic E-state index is 0.395. The SMILES string of the molecule is Cc1ccccc1-c1nc2c3c(ncn2n1)Oc1c(c(=O)oc2ccccc12)C3c1ccc(N(C)C)cc1. The first-order valence-electron chi connectivity index (χ1n) is 12.3. The van der Waals surface area contributed by atoms with Crippen molar-refractivity contribution in [2.75, 3.05) is 19.0 Å². The number of ether oxygens (including phenoxy) is 1. The van der Waals surface area contributed by atoms with Gasteiger partial charge in [0.2, 0.25) is 5.88 Å². The van der Waals surface area contributed by atoms with Gasteiger partial charge in [0.05, 0.1) is 22.4 Å². The molecule has 0 saturated heterocycles. The zero-order valence-corrected chi connectivity index (χ0v) is 21.0. The van der Waals surface area contributed by atoms with Gasteiger partial charge in [-0.1, -0.05) is 48.5 Å². The lowest BCUT2D eigenvalue weighted by Gasteiger charge is -2.27. The molecule has 0 aliphatic carbocycles. The maximum absolute atomic E-state index is 13.5. The van der Waals surface area contributed by atoms with E-state index in [2.05, 4.69) is 4.98 Å². The standard InChI is InChI=1S/C30H23N5O3/c1-17-8-4-5-9-20(17)27-32-28-25-23(18-12-14-19(15-13-18)34(2)3)24-26(38-29(25)31-16-35(28)33-27)21-10-6-7-11-22(21)37-30(24)36/h4-16,23H,1-3H3. The molecule has 1 aliphatic heterocycles. The highest BCUT2D eigenvalue weighted by Crippen LogP contribution is 2.49. The van der Waals surface area contributed by atoms with E-state index in [9.17, 15) is 4.79 Å². The molecular formula is C30H23N5O3. The van der Waals surface area contributed by atoms with E-state index in [1.54, 1.807) is 16.9 Å². The Balaban J connectivity index is 1.53. The third-order valence-electron chi connectivity index (χ3n) is 7.09. The van der Waals surface area contributed by atoms with Crippen LogP contribution in [0, 0.1) is 6.92 Å². The van der Waals surface area contributed by atoms with E-state index < -0.39 is 11.5 Å². The largest absolute Gasteiger partial charge is 0.437 e. The maximum atomic E-state index is 13.5. The van der Waals surface area contributed by atoms with Crippen molar-refractivity contribution < 1.29 is 9.15 Å². The maximum Gasteiger partial charge on any atom is 0.344 e. The molecule has 0 amide bonds. The minimum Gasteiger partial charge on any atom is -0.437 e. The first-order chi connectivity index (χ1) is 18.5. The van der Waals surface area contributed by atoms with Gasteiger partial charge in [-0.25, -0.2) is 19.3 Å². The van der Waals surface area contributed by atoms with Crippen molar-refractivity contribution in [1.82, 2.24) is 19.6 Å². The third-order valence-corrected chi connectivity index (χ3v) is 7.09. The minimum atomic E-state index is -0.518. The molecule has 0 N–H and O–H groups in total. The van der Waals surface area contributed by atoms with Crippen LogP contribution >= 0.6 is 0 Å². The van der Waals surface area contributed by atoms with Crippen LogP contribution in [-0.4, -0.2) is 33.7 Å². The Kier molecular flexibility index (Phi) is 4.84. The first kappa shape index (κ1) is 22.2. The Morgan fingerprint density at radius 1 is 0.921 bits per heavy atom. The monoisotopic (exact) mass is 501 g/mol. The predicted octanol–water partition coefficient (Wildman–Crippen LogP) is 5.56. The molecule has 0 bridgehead atoms. The van der Waals surface area contributed by atoms with Crippen molar-refractivity contribution in [1.29, 1.82) is 0 Å². The number of hydrogen-bond donors (Lipinski definition) is 0. The molecule has 4 heterocycles. The lowest BCUT2D eigenvalue weighted by atomic mass is 9.84. The van der Waals surface area contributed by atoms with Crippen molar-refractivity contribution in [3.63, 3.8) is 0 Å². The number of rotatable bonds is 3. The summed E-state index contributed by atoms with van der Waals surface area (Å²) in [5.41, 5.74) is 5.63. The molecule has 0 radical (unpaired) electrons. The Hall–Kier alpha value is -4.98. The highest BCUT2D eigenvalue weighted by Gasteiger charge is 2.37. The average Bonchev–Trinajstić information content (AvgIpc) is 3.37. The zero-order chi connectivity index (χ0) is 26.0. The highest BCUT2D eigenvalue weighted by molar-refractivity contribution is 5.87. The molecule has 0 fully saturated rings. The molecule has 1 aliphatic rings. The fraction of sp³-hybridized carbons (Fsp3) is 0.133. The molecular weight excluding hydrogens is 478 g/mol. The lowest BCUT2D eigenvalue weighted by Crippen LogP contribution is -2.22. The van der Waals surface area contributed by atoms with Gasteiger partial charge in [0.1, 0.15) is 11.9 Å². The number of hydrogen-bond acceptors (Lipinski definition) is 7. The van der Waals surface area contributed by atoms with Gasteiger partial charge in [0.15, 0.2) is 17.2 Å². The second-order valence-electron chi connectivity index (χ2n) is 9.63. The Labute approximate surface area is 217 Å². The quantitative estimate of drug-likeness (QED) is 0.293. The van der Waals surface area contributed by atoms with E-state index in [1.165, 1.54) is 0 Å². The van der Waals surface area contributed by atoms with Gasteiger partial charge < -0.3 is 14.1 Å². The van der Waals surface area contributed by atoms with Crippen molar-refractivity contribution >= 4 is 22.3 Å². The molecule has 0 saturated carbocycles. The van der Waals surface area contributed by atoms with Gasteiger partial charge >= 0.3 is 5.63 Å². The van der Waals surface area contributed by atoms with Gasteiger partial charge in [-0.05, 0) is 42.3 Å². The molecule has 3 aromatic heterocycles. The van der Waals surface area contributed by atoms with Crippen LogP contribution < -0.4 is 15.3 Å². The zero-order valence-electron chi connectivity index (χ0n) is 21.0. The van der Waals surface area contributed by atoms with Crippen molar-refractivity contribution in [3.8, 4) is 23.0 Å². The van der Waals surface area contributed by atoms with Gasteiger partial charge in [-0.3, -0.25) is 0 Å². The molecule has 1 atom stereocenters. The molecule has 0 spiro atoms. The van der Waals surface area contributed by atoms with Gasteiger partial charge in [0.25, 0.3) is 0 Å². The molecule has 1 unspecified atom stereocenters. The van der Waals surface area contributed by atoms with Crippen molar-refractivity contribution in [3.05, 3.63) is 112 Å². The van der Waals surface area contributed by atoms with Crippen LogP contribution in [0.4, 0.5) is 5.69 Å². The summed E-state index contributed by atoms with van der Waals surface area (Å²) in [6.07, 6.45) is 1.60. The lowest BCUT2D eigenvalue weighted by molar-refractivity contribution is 0.422. The van der Waals surface area contributed by atoms with Gasteiger partial charge in [-0.15, -0.1) is 5.10 Å². The molecule has 8 nitrogen and oxygen atoms in total. The number of nitrogens with zero attached hydrogens (tertiary/aromatic N) is 5. The number of para-hydroxylation sites is 1. The smallest absolute Gasteiger partial charge is 0.344 e. The summed E-state index contributed by atoms with van der Waals surface area (Å²) in [7, 11) is 3.98. The average molecular weight is 502 g/mol. The summed E-state index contributed by atoms with van der Waals surface area (Å²) >= 11 is 0. The number of aryl methyl sites for hydroxylation is 1. The third kappa shape index (κ3) is 3.30. The molecule has 7 rings (SSSR count). The van der Waals surface area contributed by atoms with E-state index in [1.807, 2.05) is 92.6 Å². The number of anilines is 1. The fourth-order valence-corrected chi connectivity index (χ4v) is 5.17. The molecule has 3 aromatic carbocycles. The number of aromatic nitrogens is 4. The summed E-state index contributed by atoms with van der Waals surface area (Å²) in [6, 6.07) is 23.5. The van der Waals surface area contributed by atoms with E-state index >= 15 is 0 Å². The topological polar surface area (TPSA) is 85.8 Å². The van der Waals surface area contributed by atoms with Crippen LogP contribution in [0.15, 0.2) is 88.3 Å². The summed E-state index contributed by atoms with van der Waals surface area (Å²) in [4.78, 5) is 25.1. The Morgan fingerprint density at radius 2 is 1.68 bits per heavy atom. The Morgan fingerprint density at radius 3 is 2.47 bits per heavy atom. The molecule has 38 heavy (non-hydrogen) atoms. The summed E-state index contributed by atoms with van der Waals surface area (Å²) in [6.45, 7) is 2.03. The summed E-state index contributed by atoms with van der Waals surface area (Å²) < 4.78 is 13.8. The molecule has 6 aromatic rings. The van der Waals surface area contributed by atoms with Crippen LogP contribution in [0.2, 0.25) is 0 Å². The second kappa shape index (κ2) is 8.27. The van der Waals surface area contributed by atoms with Crippen LogP contribution in [0.25, 0.3) is 28.0 Å². The van der Waals surface area contributed by atoms with Crippen LogP contribution in [-0.2, 0) is 0 Å². The van der Waals surface area contributed by atoms with E-state index in [0.717, 1.165) is 22.4 Å². The van der Waals surface area contributed by atoms with E-state index in [0.29, 0.717) is 45.2 Å². The van der Waals surface area contributed by atoms with Crippen LogP contribution in [0.1, 0.15) is 28.2 Å². The van der Waals surface area contributed by atoms with Crippen molar-refractivity contribution in [2.24, 2.45) is 0 Å². The van der Waals surface area contributed by atoms with Gasteiger partial charge in [-0.2, -0.15) is 0 Å². The van der Waals surface area contributed by atoms with E-state index in [-0.39, 0.29) is 0 Å². The second-order valence-corrected chi connectivity index (χ2v) is 9.63.